The molecule has 6 nitrogen and oxygen atoms in total. The van der Waals surface area contributed by atoms with E-state index in [4.69, 9.17) is 0 Å². The Morgan fingerprint density at radius 1 is 1.35 bits per heavy atom. The molecule has 2 fully saturated rings. The number of amides is 1. The Morgan fingerprint density at radius 3 is 2.91 bits per heavy atom. The lowest BCUT2D eigenvalue weighted by atomic mass is 10.0. The smallest absolute Gasteiger partial charge is 0.228 e. The maximum absolute atomic E-state index is 12.9. The van der Waals surface area contributed by atoms with Gasteiger partial charge in [0.15, 0.2) is 5.82 Å². The van der Waals surface area contributed by atoms with Gasteiger partial charge in [0.2, 0.25) is 11.9 Å². The van der Waals surface area contributed by atoms with Crippen molar-refractivity contribution in [3.63, 3.8) is 0 Å². The van der Waals surface area contributed by atoms with Gasteiger partial charge in [0.25, 0.3) is 0 Å². The molecular formula is C16H16FN5O. The molecule has 1 aliphatic carbocycles. The van der Waals surface area contributed by atoms with E-state index < -0.39 is 5.82 Å². The highest BCUT2D eigenvalue weighted by molar-refractivity contribution is 5.95. The molecule has 2 aromatic heterocycles. The summed E-state index contributed by atoms with van der Waals surface area (Å²) in [5, 5.41) is 2.92. The average Bonchev–Trinajstić information content (AvgIpc) is 3.10. The first-order valence-electron chi connectivity index (χ1n) is 7.60. The molecular weight excluding hydrogens is 297 g/mol. The van der Waals surface area contributed by atoms with Crippen molar-refractivity contribution >= 4 is 17.5 Å². The van der Waals surface area contributed by atoms with Crippen LogP contribution in [0.1, 0.15) is 12.8 Å². The lowest BCUT2D eigenvalue weighted by molar-refractivity contribution is -0.118. The molecule has 1 spiro atoms. The van der Waals surface area contributed by atoms with Gasteiger partial charge in [-0.15, -0.1) is 0 Å². The molecule has 1 saturated heterocycles. The molecule has 0 radical (unpaired) electrons. The summed E-state index contributed by atoms with van der Waals surface area (Å²) in [6.07, 6.45) is 7.46. The van der Waals surface area contributed by atoms with Crippen molar-refractivity contribution in [3.05, 3.63) is 42.7 Å². The lowest BCUT2D eigenvalue weighted by Gasteiger charge is -2.16. The normalized spacial score (nSPS) is 25.6. The number of pyridine rings is 1. The van der Waals surface area contributed by atoms with E-state index in [2.05, 4.69) is 20.3 Å². The number of aromatic nitrogens is 3. The fourth-order valence-electron chi connectivity index (χ4n) is 3.37. The minimum Gasteiger partial charge on any atom is -0.340 e. The number of anilines is 2. The molecule has 1 saturated carbocycles. The van der Waals surface area contributed by atoms with E-state index in [9.17, 15) is 9.18 Å². The van der Waals surface area contributed by atoms with Crippen molar-refractivity contribution in [1.82, 2.24) is 15.0 Å². The van der Waals surface area contributed by atoms with Crippen molar-refractivity contribution in [1.29, 1.82) is 0 Å². The third kappa shape index (κ3) is 2.62. The number of rotatable bonds is 3. The van der Waals surface area contributed by atoms with Crippen LogP contribution in [0.15, 0.2) is 36.9 Å². The number of nitrogens with one attached hydrogen (secondary N) is 1. The largest absolute Gasteiger partial charge is 0.340 e. The molecule has 118 valence electrons. The average molecular weight is 313 g/mol. The number of halogens is 1. The van der Waals surface area contributed by atoms with Gasteiger partial charge in [-0.25, -0.2) is 14.4 Å². The fourth-order valence-corrected chi connectivity index (χ4v) is 3.37. The lowest BCUT2D eigenvalue weighted by Crippen LogP contribution is -2.25. The van der Waals surface area contributed by atoms with Crippen LogP contribution in [0.25, 0.3) is 0 Å². The highest BCUT2D eigenvalue weighted by Gasteiger charge is 2.61. The van der Waals surface area contributed by atoms with Gasteiger partial charge in [0, 0.05) is 30.6 Å². The van der Waals surface area contributed by atoms with E-state index in [0.717, 1.165) is 31.6 Å². The first kappa shape index (κ1) is 14.0. The number of nitrogens with zero attached hydrogens (tertiary/aromatic N) is 4. The van der Waals surface area contributed by atoms with Crippen molar-refractivity contribution in [2.75, 3.05) is 23.3 Å². The molecule has 0 unspecified atom stereocenters. The van der Waals surface area contributed by atoms with Crippen LogP contribution in [-0.4, -0.2) is 33.9 Å². The van der Waals surface area contributed by atoms with Crippen molar-refractivity contribution in [3.8, 4) is 0 Å². The zero-order valence-corrected chi connectivity index (χ0v) is 12.4. The Hall–Kier alpha value is -2.57. The van der Waals surface area contributed by atoms with Crippen molar-refractivity contribution in [2.45, 2.75) is 12.8 Å². The second-order valence-electron chi connectivity index (χ2n) is 6.22. The number of hydrogen-bond acceptors (Lipinski definition) is 5. The minimum absolute atomic E-state index is 0.00401. The van der Waals surface area contributed by atoms with Gasteiger partial charge in [-0.2, -0.15) is 0 Å². The summed E-state index contributed by atoms with van der Waals surface area (Å²) in [6, 6.07) is 3.62. The summed E-state index contributed by atoms with van der Waals surface area (Å²) < 4.78 is 12.9. The fraction of sp³-hybridized carbons (Fsp3) is 0.375. The van der Waals surface area contributed by atoms with E-state index in [0.29, 0.717) is 5.95 Å². The van der Waals surface area contributed by atoms with Gasteiger partial charge in [-0.3, -0.25) is 9.78 Å². The zero-order valence-electron chi connectivity index (χ0n) is 12.4. The van der Waals surface area contributed by atoms with E-state index in [-0.39, 0.29) is 17.2 Å². The molecule has 1 amide bonds. The van der Waals surface area contributed by atoms with Crippen LogP contribution in [0.3, 0.4) is 0 Å². The second kappa shape index (κ2) is 5.26. The van der Waals surface area contributed by atoms with Gasteiger partial charge in [0.1, 0.15) is 0 Å². The molecule has 23 heavy (non-hydrogen) atoms. The van der Waals surface area contributed by atoms with E-state index in [1.165, 1.54) is 12.4 Å². The standard InChI is InChI=1S/C16H16FN5O/c17-11-7-19-15(20-8-11)22-5-3-16(10-22)6-13(16)14(23)21-12-2-1-4-18-9-12/h1-2,4,7-9,13H,3,5-6,10H2,(H,21,23)/t13-,16-/m1/s1. The number of carbonyl (C=O) groups excluding carboxylic acids is 1. The van der Waals surface area contributed by atoms with E-state index >= 15 is 0 Å². The van der Waals surface area contributed by atoms with Gasteiger partial charge in [-0.1, -0.05) is 0 Å². The Labute approximate surface area is 132 Å². The quantitative estimate of drug-likeness (QED) is 0.936. The first-order chi connectivity index (χ1) is 11.2. The van der Waals surface area contributed by atoms with Gasteiger partial charge in [-0.05, 0) is 25.0 Å². The maximum atomic E-state index is 12.9. The highest BCUT2D eigenvalue weighted by Crippen LogP contribution is 2.59. The predicted octanol–water partition coefficient (Wildman–Crippen LogP) is 1.87. The molecule has 0 aromatic carbocycles. The molecule has 0 bridgehead atoms. The summed E-state index contributed by atoms with van der Waals surface area (Å²) in [4.78, 5) is 26.4. The van der Waals surface area contributed by atoms with Gasteiger partial charge in [0.05, 0.1) is 24.3 Å². The highest BCUT2D eigenvalue weighted by atomic mass is 19.1. The summed E-state index contributed by atoms with van der Waals surface area (Å²) in [5.41, 5.74) is 0.723. The topological polar surface area (TPSA) is 71.0 Å². The molecule has 7 heteroatoms. The predicted molar refractivity (Wildman–Crippen MR) is 82.2 cm³/mol. The monoisotopic (exact) mass is 313 g/mol. The molecule has 2 aromatic rings. The maximum Gasteiger partial charge on any atom is 0.228 e. The number of hydrogen-bond donors (Lipinski definition) is 1. The molecule has 3 heterocycles. The molecule has 2 aliphatic rings. The third-order valence-corrected chi connectivity index (χ3v) is 4.71. The van der Waals surface area contributed by atoms with Gasteiger partial charge < -0.3 is 10.2 Å². The second-order valence-corrected chi connectivity index (χ2v) is 6.22. The van der Waals surface area contributed by atoms with Crippen LogP contribution in [-0.2, 0) is 4.79 Å². The van der Waals surface area contributed by atoms with Crippen LogP contribution in [0.2, 0.25) is 0 Å². The molecule has 1 N–H and O–H groups in total. The Morgan fingerprint density at radius 2 is 2.17 bits per heavy atom. The zero-order chi connectivity index (χ0) is 15.9. The van der Waals surface area contributed by atoms with Gasteiger partial charge >= 0.3 is 0 Å². The Bertz CT molecular complexity index is 723. The molecule has 1 aliphatic heterocycles. The Kier molecular flexibility index (Phi) is 3.21. The minimum atomic E-state index is -0.442. The summed E-state index contributed by atoms with van der Waals surface area (Å²) in [6.45, 7) is 1.53. The first-order valence-corrected chi connectivity index (χ1v) is 7.60. The van der Waals surface area contributed by atoms with Crippen LogP contribution in [0.5, 0.6) is 0 Å². The van der Waals surface area contributed by atoms with E-state index in [1.807, 2.05) is 11.0 Å². The van der Waals surface area contributed by atoms with Crippen molar-refractivity contribution < 1.29 is 9.18 Å². The summed E-state index contributed by atoms with van der Waals surface area (Å²) in [5.74, 6) is 0.137. The summed E-state index contributed by atoms with van der Waals surface area (Å²) in [7, 11) is 0. The van der Waals surface area contributed by atoms with Crippen LogP contribution < -0.4 is 10.2 Å². The van der Waals surface area contributed by atoms with E-state index in [1.54, 1.807) is 18.5 Å². The summed E-state index contributed by atoms with van der Waals surface area (Å²) >= 11 is 0. The van der Waals surface area contributed by atoms with Crippen LogP contribution >= 0.6 is 0 Å². The van der Waals surface area contributed by atoms with Crippen molar-refractivity contribution in [2.24, 2.45) is 11.3 Å². The Balaban J connectivity index is 1.40. The molecule has 2 atom stereocenters. The van der Waals surface area contributed by atoms with Crippen LogP contribution in [0, 0.1) is 17.2 Å². The SMILES string of the molecule is O=C(Nc1cccnc1)[C@H]1C[C@@]12CCN(c1ncc(F)cn1)C2. The van der Waals surface area contributed by atoms with Crippen LogP contribution in [0.4, 0.5) is 16.0 Å². The molecule has 4 rings (SSSR count). The third-order valence-electron chi connectivity index (χ3n) is 4.71. The number of carbonyl (C=O) groups is 1.